The first-order valence-electron chi connectivity index (χ1n) is 10.1. The zero-order valence-electron chi connectivity index (χ0n) is 17.5. The van der Waals surface area contributed by atoms with Crippen LogP contribution in [0.25, 0.3) is 33.4 Å². The first-order chi connectivity index (χ1) is 16.4. The lowest BCUT2D eigenvalue weighted by molar-refractivity contribution is -0.147. The number of hydrogen-bond acceptors (Lipinski definition) is 8. The summed E-state index contributed by atoms with van der Waals surface area (Å²) < 4.78 is 11.9. The molecule has 0 spiro atoms. The molecule has 1 aliphatic carbocycles. The van der Waals surface area contributed by atoms with E-state index in [0.717, 1.165) is 22.1 Å². The van der Waals surface area contributed by atoms with Crippen molar-refractivity contribution in [1.82, 2.24) is 4.73 Å². The molecule has 0 atom stereocenters. The number of hydrogen-bond donors (Lipinski definition) is 3. The lowest BCUT2D eigenvalue weighted by Crippen LogP contribution is -2.24. The van der Waals surface area contributed by atoms with Gasteiger partial charge in [0.25, 0.3) is 0 Å². The monoisotopic (exact) mass is 459 g/mol. The molecule has 34 heavy (non-hydrogen) atoms. The van der Waals surface area contributed by atoms with E-state index in [0.29, 0.717) is 21.8 Å². The summed E-state index contributed by atoms with van der Waals surface area (Å²) in [5.41, 5.74) is 2.56. The van der Waals surface area contributed by atoms with Crippen molar-refractivity contribution in [2.24, 2.45) is 0 Å². The van der Waals surface area contributed by atoms with Gasteiger partial charge in [0.1, 0.15) is 22.8 Å². The third-order valence-corrected chi connectivity index (χ3v) is 5.17. The average molecular weight is 459 g/mol. The molecule has 0 bridgehead atoms. The predicted octanol–water partition coefficient (Wildman–Crippen LogP) is 3.52. The van der Waals surface area contributed by atoms with Gasteiger partial charge in [-0.05, 0) is 42.0 Å². The van der Waals surface area contributed by atoms with Crippen LogP contribution in [0.4, 0.5) is 0 Å². The zero-order chi connectivity index (χ0) is 23.8. The lowest BCUT2D eigenvalue weighted by atomic mass is 9.94. The van der Waals surface area contributed by atoms with Crippen LogP contribution in [-0.2, 0) is 4.79 Å². The molecule has 0 fully saturated rings. The van der Waals surface area contributed by atoms with Gasteiger partial charge in [-0.3, -0.25) is 4.79 Å². The second kappa shape index (κ2) is 8.21. The van der Waals surface area contributed by atoms with Gasteiger partial charge in [-0.25, -0.2) is 4.79 Å². The van der Waals surface area contributed by atoms with E-state index in [1.165, 1.54) is 30.3 Å². The number of ether oxygens (including phenoxy) is 1. The van der Waals surface area contributed by atoms with E-state index in [1.807, 2.05) is 0 Å². The molecule has 9 nitrogen and oxygen atoms in total. The number of carbonyl (C=O) groups is 1. The molecule has 1 aromatic heterocycles. The van der Waals surface area contributed by atoms with Crippen LogP contribution in [0.5, 0.6) is 23.3 Å². The van der Waals surface area contributed by atoms with Crippen LogP contribution in [-0.4, -0.2) is 32.6 Å². The summed E-state index contributed by atoms with van der Waals surface area (Å²) in [5.74, 6) is -0.878. The fourth-order valence-electron chi connectivity index (χ4n) is 3.65. The van der Waals surface area contributed by atoms with Gasteiger partial charge in [0.2, 0.25) is 11.8 Å². The quantitative estimate of drug-likeness (QED) is 0.340. The number of aromatic nitrogens is 1. The molecule has 170 valence electrons. The van der Waals surface area contributed by atoms with Crippen molar-refractivity contribution in [3.05, 3.63) is 83.0 Å². The van der Waals surface area contributed by atoms with Gasteiger partial charge in [-0.2, -0.15) is 0 Å². The summed E-state index contributed by atoms with van der Waals surface area (Å²) in [7, 11) is 0. The van der Waals surface area contributed by atoms with E-state index < -0.39 is 24.3 Å². The molecule has 1 aliphatic heterocycles. The molecule has 0 saturated heterocycles. The molecule has 0 unspecified atom stereocenters. The second-order valence-corrected chi connectivity index (χ2v) is 7.44. The summed E-state index contributed by atoms with van der Waals surface area (Å²) in [5, 5.41) is 29.7. The number of phenolic OH excluding ortho intramolecular Hbond substituents is 1. The van der Waals surface area contributed by atoms with Gasteiger partial charge in [0.05, 0.1) is 0 Å². The zero-order valence-corrected chi connectivity index (χ0v) is 17.5. The Morgan fingerprint density at radius 2 is 1.62 bits per heavy atom. The van der Waals surface area contributed by atoms with Crippen molar-refractivity contribution in [3.8, 4) is 45.7 Å². The van der Waals surface area contributed by atoms with Crippen LogP contribution in [0, 0.1) is 0 Å². The molecule has 0 saturated carbocycles. The Morgan fingerprint density at radius 1 is 0.882 bits per heavy atom. The lowest BCUT2D eigenvalue weighted by Gasteiger charge is -2.15. The van der Waals surface area contributed by atoms with E-state index in [-0.39, 0.29) is 11.2 Å². The average Bonchev–Trinajstić information content (AvgIpc) is 3.13. The minimum Gasteiger partial charge on any atom is -0.508 e. The third kappa shape index (κ3) is 3.86. The van der Waals surface area contributed by atoms with Crippen LogP contribution >= 0.6 is 0 Å². The smallest absolute Gasteiger partial charge is 0.370 e. The first-order valence-corrected chi connectivity index (χ1v) is 10.1. The van der Waals surface area contributed by atoms with Crippen LogP contribution in [0.2, 0.25) is 0 Å². The van der Waals surface area contributed by atoms with E-state index in [2.05, 4.69) is 0 Å². The van der Waals surface area contributed by atoms with Gasteiger partial charge in [0.15, 0.2) is 12.0 Å². The predicted molar refractivity (Wildman–Crippen MR) is 121 cm³/mol. The number of benzene rings is 3. The first kappa shape index (κ1) is 21.0. The highest BCUT2D eigenvalue weighted by Crippen LogP contribution is 2.40. The van der Waals surface area contributed by atoms with Gasteiger partial charge in [-0.1, -0.05) is 12.1 Å². The SMILES string of the molecule is O=C(COc1ccc(-c2c3ccc(=O)cc-3oc3cc(O)ccc23)cc1)On1c(O)ccc1O. The summed E-state index contributed by atoms with van der Waals surface area (Å²) >= 11 is 0. The Labute approximate surface area is 191 Å². The molecule has 9 heteroatoms. The van der Waals surface area contributed by atoms with Crippen LogP contribution in [0.3, 0.4) is 0 Å². The highest BCUT2D eigenvalue weighted by Gasteiger charge is 2.18. The highest BCUT2D eigenvalue weighted by molar-refractivity contribution is 6.02. The van der Waals surface area contributed by atoms with E-state index in [9.17, 15) is 24.9 Å². The minimum absolute atomic E-state index is 0.0389. The summed E-state index contributed by atoms with van der Waals surface area (Å²) in [6.07, 6.45) is 0. The second-order valence-electron chi connectivity index (χ2n) is 7.44. The van der Waals surface area contributed by atoms with Crippen LogP contribution < -0.4 is 15.0 Å². The third-order valence-electron chi connectivity index (χ3n) is 5.17. The Kier molecular flexibility index (Phi) is 5.06. The number of rotatable bonds is 5. The maximum atomic E-state index is 12.0. The molecule has 2 aromatic carbocycles. The number of fused-ring (bicyclic) bond motifs is 2. The number of carbonyl (C=O) groups excluding carboxylic acids is 1. The standard InChI is InChI=1S/C25H17NO8/c27-15-3-7-18-20(11-15)33-21-12-16(28)4-8-19(21)25(18)14-1-5-17(6-2-14)32-13-24(31)34-26-22(29)9-10-23(26)30/h1-12,27,29-30H,13H2. The molecule has 5 rings (SSSR count). The fourth-order valence-corrected chi connectivity index (χ4v) is 3.65. The van der Waals surface area contributed by atoms with E-state index >= 15 is 0 Å². The van der Waals surface area contributed by atoms with Crippen molar-refractivity contribution in [2.45, 2.75) is 0 Å². The molecule has 2 aliphatic rings. The number of nitrogens with zero attached hydrogens (tertiary/aromatic N) is 1. The Morgan fingerprint density at radius 3 is 2.35 bits per heavy atom. The molecule has 2 heterocycles. The normalized spacial score (nSPS) is 11.1. The van der Waals surface area contributed by atoms with Gasteiger partial charge < -0.3 is 29.3 Å². The van der Waals surface area contributed by atoms with Crippen molar-refractivity contribution in [2.75, 3.05) is 6.61 Å². The Bertz CT molecular complexity index is 1530. The number of phenols is 1. The van der Waals surface area contributed by atoms with E-state index in [1.54, 1.807) is 42.5 Å². The van der Waals surface area contributed by atoms with Crippen LogP contribution in [0.1, 0.15) is 0 Å². The van der Waals surface area contributed by atoms with Crippen molar-refractivity contribution in [1.29, 1.82) is 0 Å². The number of aromatic hydroxyl groups is 3. The Balaban J connectivity index is 1.42. The Hall–Kier alpha value is -4.92. The maximum absolute atomic E-state index is 12.0. The van der Waals surface area contributed by atoms with Gasteiger partial charge in [-0.15, -0.1) is 4.73 Å². The van der Waals surface area contributed by atoms with Crippen molar-refractivity contribution < 1.29 is 34.1 Å². The summed E-state index contributed by atoms with van der Waals surface area (Å²) in [4.78, 5) is 28.7. The summed E-state index contributed by atoms with van der Waals surface area (Å²) in [6.45, 7) is -0.460. The van der Waals surface area contributed by atoms with Crippen molar-refractivity contribution in [3.63, 3.8) is 0 Å². The summed E-state index contributed by atoms with van der Waals surface area (Å²) in [6, 6.07) is 18.6. The van der Waals surface area contributed by atoms with E-state index in [4.69, 9.17) is 14.0 Å². The largest absolute Gasteiger partial charge is 0.508 e. The molecular formula is C25H17NO8. The topological polar surface area (TPSA) is 131 Å². The molecular weight excluding hydrogens is 442 g/mol. The molecule has 3 N–H and O–H groups in total. The highest BCUT2D eigenvalue weighted by atomic mass is 16.7. The molecule has 0 radical (unpaired) electrons. The molecule has 3 aromatic rings. The fraction of sp³-hybridized carbons (Fsp3) is 0.0400. The van der Waals surface area contributed by atoms with Gasteiger partial charge in [0, 0.05) is 40.8 Å². The van der Waals surface area contributed by atoms with Crippen molar-refractivity contribution >= 4 is 16.9 Å². The van der Waals surface area contributed by atoms with Crippen LogP contribution in [0.15, 0.2) is 82.0 Å². The van der Waals surface area contributed by atoms with Gasteiger partial charge >= 0.3 is 5.97 Å². The minimum atomic E-state index is -0.833. The molecule has 0 amide bonds. The maximum Gasteiger partial charge on any atom is 0.370 e.